The normalized spacial score (nSPS) is 12.6. The first-order valence-electron chi connectivity index (χ1n) is 8.86. The van der Waals surface area contributed by atoms with Crippen molar-refractivity contribution >= 4 is 27.6 Å². The van der Waals surface area contributed by atoms with E-state index in [0.29, 0.717) is 24.5 Å². The van der Waals surface area contributed by atoms with E-state index in [1.807, 2.05) is 18.2 Å². The van der Waals surface area contributed by atoms with Crippen molar-refractivity contribution in [3.63, 3.8) is 0 Å². The lowest BCUT2D eigenvalue weighted by molar-refractivity contribution is 0.262. The number of para-hydroxylation sites is 1. The van der Waals surface area contributed by atoms with Crippen LogP contribution in [0.3, 0.4) is 0 Å². The number of nitrogens with one attached hydrogen (secondary N) is 3. The van der Waals surface area contributed by atoms with Crippen molar-refractivity contribution in [3.8, 4) is 0 Å². The largest absolute Gasteiger partial charge is 0.323 e. The molecule has 0 spiro atoms. The zero-order valence-electron chi connectivity index (χ0n) is 15.8. The second kappa shape index (κ2) is 9.50. The molecule has 0 aliphatic heterocycles. The molecule has 27 heavy (non-hydrogen) atoms. The van der Waals surface area contributed by atoms with Gasteiger partial charge >= 0.3 is 6.03 Å². The minimum atomic E-state index is -3.53. The van der Waals surface area contributed by atoms with Crippen LogP contribution >= 0.6 is 0 Å². The third-order valence-electron chi connectivity index (χ3n) is 4.07. The molecule has 0 radical (unpaired) electrons. The Hall–Kier alpha value is -2.42. The molecule has 2 amide bonds. The fourth-order valence-corrected chi connectivity index (χ4v) is 4.01. The van der Waals surface area contributed by atoms with E-state index >= 15 is 0 Å². The zero-order valence-corrected chi connectivity index (χ0v) is 16.6. The van der Waals surface area contributed by atoms with Crippen LogP contribution in [0.2, 0.25) is 0 Å². The summed E-state index contributed by atoms with van der Waals surface area (Å²) in [5.74, 6) is 0. The summed E-state index contributed by atoms with van der Waals surface area (Å²) in [5.41, 5.74) is 2.12. The van der Waals surface area contributed by atoms with Gasteiger partial charge in [-0.15, -0.1) is 0 Å². The lowest BCUT2D eigenvalue weighted by atomic mass is 10.1. The smallest absolute Gasteiger partial charge is 0.308 e. The van der Waals surface area contributed by atoms with Crippen LogP contribution < -0.4 is 15.4 Å². The van der Waals surface area contributed by atoms with Gasteiger partial charge < -0.3 is 10.6 Å². The predicted octanol–water partition coefficient (Wildman–Crippen LogP) is 3.57. The number of carbonyl (C=O) groups is 1. The van der Waals surface area contributed by atoms with E-state index in [2.05, 4.69) is 15.4 Å². The van der Waals surface area contributed by atoms with E-state index in [9.17, 15) is 13.2 Å². The summed E-state index contributed by atoms with van der Waals surface area (Å²) in [7, 11) is -3.53. The average Bonchev–Trinajstić information content (AvgIpc) is 2.63. The molecule has 0 aliphatic carbocycles. The Labute approximate surface area is 161 Å². The number of benzene rings is 2. The van der Waals surface area contributed by atoms with Crippen LogP contribution in [-0.4, -0.2) is 31.8 Å². The Bertz CT molecular complexity index is 835. The SMILES string of the molecule is CCN(CC)S(=O)(=O)NC(C)c1ccc(NC(=O)Nc2ccccc2)cc1. The van der Waals surface area contributed by atoms with Gasteiger partial charge in [0.2, 0.25) is 0 Å². The van der Waals surface area contributed by atoms with Gasteiger partial charge in [-0.05, 0) is 36.8 Å². The van der Waals surface area contributed by atoms with E-state index < -0.39 is 10.2 Å². The van der Waals surface area contributed by atoms with Gasteiger partial charge in [-0.3, -0.25) is 0 Å². The van der Waals surface area contributed by atoms with Crippen molar-refractivity contribution in [2.24, 2.45) is 0 Å². The second-order valence-corrected chi connectivity index (χ2v) is 7.70. The van der Waals surface area contributed by atoms with E-state index in [4.69, 9.17) is 0 Å². The van der Waals surface area contributed by atoms with Crippen LogP contribution in [0.5, 0.6) is 0 Å². The maximum absolute atomic E-state index is 12.3. The molecule has 1 atom stereocenters. The van der Waals surface area contributed by atoms with Crippen molar-refractivity contribution in [2.75, 3.05) is 23.7 Å². The predicted molar refractivity (Wildman–Crippen MR) is 109 cm³/mol. The van der Waals surface area contributed by atoms with Crippen LogP contribution in [0.1, 0.15) is 32.4 Å². The van der Waals surface area contributed by atoms with Crippen LogP contribution in [0.15, 0.2) is 54.6 Å². The highest BCUT2D eigenvalue weighted by molar-refractivity contribution is 7.87. The first kappa shape index (κ1) is 20.9. The monoisotopic (exact) mass is 390 g/mol. The van der Waals surface area contributed by atoms with Crippen LogP contribution in [0.4, 0.5) is 16.2 Å². The molecule has 7 nitrogen and oxygen atoms in total. The molecule has 0 heterocycles. The number of anilines is 2. The molecule has 0 fully saturated rings. The highest BCUT2D eigenvalue weighted by atomic mass is 32.2. The van der Waals surface area contributed by atoms with Crippen LogP contribution in [0.25, 0.3) is 0 Å². The molecule has 0 saturated heterocycles. The Morgan fingerprint density at radius 2 is 1.44 bits per heavy atom. The van der Waals surface area contributed by atoms with E-state index in [1.54, 1.807) is 57.2 Å². The molecule has 2 aromatic carbocycles. The maximum Gasteiger partial charge on any atom is 0.323 e. The van der Waals surface area contributed by atoms with Crippen molar-refractivity contribution < 1.29 is 13.2 Å². The number of rotatable bonds is 8. The maximum atomic E-state index is 12.3. The summed E-state index contributed by atoms with van der Waals surface area (Å²) in [4.78, 5) is 12.0. The molecule has 8 heteroatoms. The van der Waals surface area contributed by atoms with Gasteiger partial charge in [-0.1, -0.05) is 44.2 Å². The van der Waals surface area contributed by atoms with Crippen molar-refractivity contribution in [3.05, 3.63) is 60.2 Å². The molecule has 2 rings (SSSR count). The Morgan fingerprint density at radius 3 is 1.96 bits per heavy atom. The van der Waals surface area contributed by atoms with E-state index in [1.165, 1.54) is 4.31 Å². The van der Waals surface area contributed by atoms with Crippen LogP contribution in [0, 0.1) is 0 Å². The third kappa shape index (κ3) is 6.06. The summed E-state index contributed by atoms with van der Waals surface area (Å²) in [6, 6.07) is 15.5. The van der Waals surface area contributed by atoms with E-state index in [-0.39, 0.29) is 12.1 Å². The highest BCUT2D eigenvalue weighted by Crippen LogP contribution is 2.18. The average molecular weight is 391 g/mol. The first-order chi connectivity index (χ1) is 12.9. The fourth-order valence-electron chi connectivity index (χ4n) is 2.60. The Kier molecular flexibility index (Phi) is 7.35. The lowest BCUT2D eigenvalue weighted by Crippen LogP contribution is -2.41. The summed E-state index contributed by atoms with van der Waals surface area (Å²) in [5, 5.41) is 5.48. The number of nitrogens with zero attached hydrogens (tertiary/aromatic N) is 1. The molecule has 0 bridgehead atoms. The molecule has 3 N–H and O–H groups in total. The van der Waals surface area contributed by atoms with Gasteiger partial charge in [0.15, 0.2) is 0 Å². The lowest BCUT2D eigenvalue weighted by Gasteiger charge is -2.22. The summed E-state index contributed by atoms with van der Waals surface area (Å²) in [6.07, 6.45) is 0. The molecule has 146 valence electrons. The number of urea groups is 1. The quantitative estimate of drug-likeness (QED) is 0.644. The number of carbonyl (C=O) groups excluding carboxylic acids is 1. The van der Waals surface area contributed by atoms with Gasteiger partial charge in [0, 0.05) is 30.5 Å². The highest BCUT2D eigenvalue weighted by Gasteiger charge is 2.21. The molecule has 0 aliphatic rings. The third-order valence-corrected chi connectivity index (χ3v) is 5.92. The van der Waals surface area contributed by atoms with Crippen molar-refractivity contribution in [1.29, 1.82) is 0 Å². The molecule has 0 saturated carbocycles. The Balaban J connectivity index is 1.97. The molecule has 2 aromatic rings. The number of hydrogen-bond acceptors (Lipinski definition) is 3. The fraction of sp³-hybridized carbons (Fsp3) is 0.316. The van der Waals surface area contributed by atoms with Crippen molar-refractivity contribution in [2.45, 2.75) is 26.8 Å². The second-order valence-electron chi connectivity index (χ2n) is 6.00. The first-order valence-corrected chi connectivity index (χ1v) is 10.3. The topological polar surface area (TPSA) is 90.5 Å². The van der Waals surface area contributed by atoms with Gasteiger partial charge in [0.1, 0.15) is 0 Å². The Morgan fingerprint density at radius 1 is 0.926 bits per heavy atom. The van der Waals surface area contributed by atoms with Gasteiger partial charge in [0.25, 0.3) is 10.2 Å². The van der Waals surface area contributed by atoms with E-state index in [0.717, 1.165) is 5.56 Å². The summed E-state index contributed by atoms with van der Waals surface area (Å²) >= 11 is 0. The van der Waals surface area contributed by atoms with Gasteiger partial charge in [-0.2, -0.15) is 17.4 Å². The molecular weight excluding hydrogens is 364 g/mol. The molecule has 1 unspecified atom stereocenters. The summed E-state index contributed by atoms with van der Waals surface area (Å²) < 4.78 is 28.7. The minimum Gasteiger partial charge on any atom is -0.308 e. The molecular formula is C19H26N4O3S. The summed E-state index contributed by atoms with van der Waals surface area (Å²) in [6.45, 7) is 6.21. The van der Waals surface area contributed by atoms with Crippen LogP contribution in [-0.2, 0) is 10.2 Å². The molecule has 0 aromatic heterocycles. The zero-order chi connectivity index (χ0) is 19.9. The van der Waals surface area contributed by atoms with Crippen molar-refractivity contribution in [1.82, 2.24) is 9.03 Å². The number of amides is 2. The number of hydrogen-bond donors (Lipinski definition) is 3. The van der Waals surface area contributed by atoms with Gasteiger partial charge in [0.05, 0.1) is 0 Å². The minimum absolute atomic E-state index is 0.343. The van der Waals surface area contributed by atoms with Gasteiger partial charge in [-0.25, -0.2) is 4.79 Å². The standard InChI is InChI=1S/C19H26N4O3S/c1-4-23(5-2)27(25,26)22-15(3)16-11-13-18(14-12-16)21-19(24)20-17-9-7-6-8-10-17/h6-15,22H,4-5H2,1-3H3,(H2,20,21,24).